The van der Waals surface area contributed by atoms with Crippen LogP contribution < -0.4 is 5.32 Å². The summed E-state index contributed by atoms with van der Waals surface area (Å²) in [4.78, 5) is 15.0. The predicted molar refractivity (Wildman–Crippen MR) is 104 cm³/mol. The molecule has 26 heavy (non-hydrogen) atoms. The summed E-state index contributed by atoms with van der Waals surface area (Å²) in [6.07, 6.45) is 0.358. The lowest BCUT2D eigenvalue weighted by Gasteiger charge is -2.45. The zero-order chi connectivity index (χ0) is 18.9. The number of phenols is 1. The number of benzene rings is 2. The van der Waals surface area contributed by atoms with Crippen LogP contribution in [-0.4, -0.2) is 53.3 Å². The van der Waals surface area contributed by atoms with Crippen LogP contribution >= 0.6 is 0 Å². The van der Waals surface area contributed by atoms with Crippen LogP contribution in [0.3, 0.4) is 0 Å². The number of phenolic OH excluding ortho intramolecular Hbond substituents is 1. The number of fused-ring (bicyclic) bond motifs is 1. The maximum atomic E-state index is 12.7. The normalized spacial score (nSPS) is 21.7. The van der Waals surface area contributed by atoms with Crippen LogP contribution in [0.1, 0.15) is 38.1 Å². The van der Waals surface area contributed by atoms with Crippen molar-refractivity contribution in [3.8, 4) is 5.75 Å². The molecule has 2 N–H and O–H groups in total. The zero-order valence-corrected chi connectivity index (χ0v) is 16.0. The molecule has 0 bridgehead atoms. The summed E-state index contributed by atoms with van der Waals surface area (Å²) in [5, 5.41) is 15.1. The molecule has 0 radical (unpaired) electrons. The number of nitrogens with one attached hydrogen (secondary N) is 1. The Bertz CT molecular complexity index is 793. The van der Waals surface area contributed by atoms with Crippen molar-refractivity contribution in [1.29, 1.82) is 0 Å². The van der Waals surface area contributed by atoms with Crippen molar-refractivity contribution < 1.29 is 14.6 Å². The fraction of sp³-hybridized carbons (Fsp3) is 0.476. The van der Waals surface area contributed by atoms with Gasteiger partial charge in [0, 0.05) is 25.2 Å². The summed E-state index contributed by atoms with van der Waals surface area (Å²) in [5.41, 5.74) is 0.109. The third kappa shape index (κ3) is 4.00. The second kappa shape index (κ2) is 7.25. The van der Waals surface area contributed by atoms with Crippen molar-refractivity contribution in [2.45, 2.75) is 45.4 Å². The van der Waals surface area contributed by atoms with Gasteiger partial charge in [0.25, 0.3) is 5.91 Å². The number of aromatic hydroxyl groups is 1. The first-order valence-electron chi connectivity index (χ1n) is 9.17. The van der Waals surface area contributed by atoms with Crippen LogP contribution in [0.15, 0.2) is 36.4 Å². The minimum absolute atomic E-state index is 0.00706. The maximum absolute atomic E-state index is 12.7. The second-order valence-corrected chi connectivity index (χ2v) is 7.87. The molecule has 0 spiro atoms. The highest BCUT2D eigenvalue weighted by Crippen LogP contribution is 2.25. The second-order valence-electron chi connectivity index (χ2n) is 7.87. The number of amides is 1. The SMILES string of the molecule is C[C@@H]1CN(C(C)(C)CNC(=O)c2cc3ccccc3cc2O)C[C@H](C)O1. The van der Waals surface area contributed by atoms with Gasteiger partial charge in [-0.2, -0.15) is 0 Å². The summed E-state index contributed by atoms with van der Waals surface area (Å²) in [6, 6.07) is 11.1. The molecule has 3 rings (SSSR count). The molecule has 5 heteroatoms. The van der Waals surface area contributed by atoms with E-state index in [1.807, 2.05) is 24.3 Å². The maximum Gasteiger partial charge on any atom is 0.255 e. The minimum atomic E-state index is -0.254. The van der Waals surface area contributed by atoms with Gasteiger partial charge in [-0.25, -0.2) is 0 Å². The van der Waals surface area contributed by atoms with Gasteiger partial charge in [-0.1, -0.05) is 24.3 Å². The van der Waals surface area contributed by atoms with E-state index in [0.717, 1.165) is 23.9 Å². The van der Waals surface area contributed by atoms with Crippen molar-refractivity contribution in [2.24, 2.45) is 0 Å². The van der Waals surface area contributed by atoms with Crippen LogP contribution in [0.25, 0.3) is 10.8 Å². The standard InChI is InChI=1S/C21H28N2O3/c1-14-11-23(12-15(2)26-14)21(3,4)13-22-20(25)18-9-16-7-5-6-8-17(16)10-19(18)24/h5-10,14-15,24H,11-13H2,1-4H3,(H,22,25)/t14-,15+. The molecule has 0 saturated carbocycles. The Hall–Kier alpha value is -2.11. The van der Waals surface area contributed by atoms with E-state index in [0.29, 0.717) is 12.1 Å². The molecule has 1 aliphatic heterocycles. The number of morpholine rings is 1. The molecule has 2 aromatic carbocycles. The van der Waals surface area contributed by atoms with Crippen LogP contribution in [0.5, 0.6) is 5.75 Å². The van der Waals surface area contributed by atoms with Crippen LogP contribution in [0, 0.1) is 0 Å². The zero-order valence-electron chi connectivity index (χ0n) is 16.0. The van der Waals surface area contributed by atoms with E-state index >= 15 is 0 Å². The highest BCUT2D eigenvalue weighted by molar-refractivity contribution is 6.01. The van der Waals surface area contributed by atoms with E-state index < -0.39 is 0 Å². The number of carbonyl (C=O) groups is 1. The Labute approximate surface area is 155 Å². The fourth-order valence-corrected chi connectivity index (χ4v) is 3.59. The van der Waals surface area contributed by atoms with Crippen LogP contribution in [0.4, 0.5) is 0 Å². The van der Waals surface area contributed by atoms with E-state index in [4.69, 9.17) is 4.74 Å². The molecule has 1 amide bonds. The van der Waals surface area contributed by atoms with Crippen molar-refractivity contribution in [3.63, 3.8) is 0 Å². The Morgan fingerprint density at radius 1 is 1.19 bits per heavy atom. The van der Waals surface area contributed by atoms with Gasteiger partial charge in [-0.15, -0.1) is 0 Å². The Balaban J connectivity index is 1.71. The molecule has 140 valence electrons. The van der Waals surface area contributed by atoms with Crippen molar-refractivity contribution >= 4 is 16.7 Å². The number of carbonyl (C=O) groups excluding carboxylic acids is 1. The Kier molecular flexibility index (Phi) is 5.21. The molecular formula is C21H28N2O3. The van der Waals surface area contributed by atoms with Gasteiger partial charge >= 0.3 is 0 Å². The van der Waals surface area contributed by atoms with Crippen LogP contribution in [0.2, 0.25) is 0 Å². The Morgan fingerprint density at radius 3 is 2.38 bits per heavy atom. The number of hydrogen-bond donors (Lipinski definition) is 2. The molecule has 1 fully saturated rings. The largest absolute Gasteiger partial charge is 0.507 e. The lowest BCUT2D eigenvalue weighted by Crippen LogP contribution is -2.58. The monoisotopic (exact) mass is 356 g/mol. The highest BCUT2D eigenvalue weighted by atomic mass is 16.5. The van der Waals surface area contributed by atoms with Crippen LogP contribution in [-0.2, 0) is 4.74 Å². The average Bonchev–Trinajstić information content (AvgIpc) is 2.58. The summed E-state index contributed by atoms with van der Waals surface area (Å²) in [5.74, 6) is -0.247. The van der Waals surface area contributed by atoms with E-state index in [1.54, 1.807) is 12.1 Å². The average molecular weight is 356 g/mol. The lowest BCUT2D eigenvalue weighted by atomic mass is 9.99. The smallest absolute Gasteiger partial charge is 0.255 e. The molecule has 0 aromatic heterocycles. The van der Waals surface area contributed by atoms with E-state index in [-0.39, 0.29) is 29.4 Å². The van der Waals surface area contributed by atoms with Gasteiger partial charge < -0.3 is 15.2 Å². The summed E-state index contributed by atoms with van der Waals surface area (Å²) in [6.45, 7) is 10.6. The quantitative estimate of drug-likeness (QED) is 0.883. The summed E-state index contributed by atoms with van der Waals surface area (Å²) < 4.78 is 5.80. The van der Waals surface area contributed by atoms with Crippen molar-refractivity contribution in [2.75, 3.05) is 19.6 Å². The molecule has 5 nitrogen and oxygen atoms in total. The first-order valence-corrected chi connectivity index (χ1v) is 9.17. The molecular weight excluding hydrogens is 328 g/mol. The van der Waals surface area contributed by atoms with E-state index in [2.05, 4.69) is 37.9 Å². The molecule has 2 aromatic rings. The molecule has 2 atom stereocenters. The van der Waals surface area contributed by atoms with E-state index in [9.17, 15) is 9.90 Å². The summed E-state index contributed by atoms with van der Waals surface area (Å²) >= 11 is 0. The third-order valence-corrected chi connectivity index (χ3v) is 5.07. The first-order chi connectivity index (χ1) is 12.3. The fourth-order valence-electron chi connectivity index (χ4n) is 3.59. The van der Waals surface area contributed by atoms with Gasteiger partial charge in [-0.05, 0) is 50.6 Å². The topological polar surface area (TPSA) is 61.8 Å². The highest BCUT2D eigenvalue weighted by Gasteiger charge is 2.33. The van der Waals surface area contributed by atoms with Gasteiger partial charge in [-0.3, -0.25) is 9.69 Å². The molecule has 1 saturated heterocycles. The predicted octanol–water partition coefficient (Wildman–Crippen LogP) is 3.16. The third-order valence-electron chi connectivity index (χ3n) is 5.07. The van der Waals surface area contributed by atoms with Gasteiger partial charge in [0.1, 0.15) is 5.75 Å². The molecule has 1 aliphatic rings. The molecule has 0 aliphatic carbocycles. The van der Waals surface area contributed by atoms with Crippen molar-refractivity contribution in [3.05, 3.63) is 42.0 Å². The van der Waals surface area contributed by atoms with E-state index in [1.165, 1.54) is 0 Å². The van der Waals surface area contributed by atoms with Gasteiger partial charge in [0.15, 0.2) is 0 Å². The Morgan fingerprint density at radius 2 is 1.77 bits per heavy atom. The molecule has 1 heterocycles. The number of rotatable bonds is 4. The minimum Gasteiger partial charge on any atom is -0.507 e. The first kappa shape index (κ1) is 18.7. The number of nitrogens with zero attached hydrogens (tertiary/aromatic N) is 1. The summed E-state index contributed by atoms with van der Waals surface area (Å²) in [7, 11) is 0. The number of hydrogen-bond acceptors (Lipinski definition) is 4. The number of ether oxygens (including phenoxy) is 1. The lowest BCUT2D eigenvalue weighted by molar-refractivity contribution is -0.0948. The van der Waals surface area contributed by atoms with Gasteiger partial charge in [0.05, 0.1) is 17.8 Å². The van der Waals surface area contributed by atoms with Gasteiger partial charge in [0.2, 0.25) is 0 Å². The molecule has 0 unspecified atom stereocenters. The van der Waals surface area contributed by atoms with Crippen molar-refractivity contribution in [1.82, 2.24) is 10.2 Å².